The molecule has 2 aromatic rings. The summed E-state index contributed by atoms with van der Waals surface area (Å²) in [5, 5.41) is 0. The van der Waals surface area contributed by atoms with Crippen molar-refractivity contribution in [2.45, 2.75) is 49.6 Å². The van der Waals surface area contributed by atoms with E-state index in [0.717, 1.165) is 6.20 Å². The normalized spacial score (nSPS) is 14.9. The molecular formula is C21H20F7N3O2S. The van der Waals surface area contributed by atoms with Gasteiger partial charge in [0.15, 0.2) is 6.61 Å². The molecule has 2 aromatic heterocycles. The highest BCUT2D eigenvalue weighted by Crippen LogP contribution is 2.40. The first-order chi connectivity index (χ1) is 15.7. The van der Waals surface area contributed by atoms with Crippen LogP contribution in [0.15, 0.2) is 29.4 Å². The fraction of sp³-hybridized carbons (Fsp3) is 0.476. The Morgan fingerprint density at radius 3 is 2.38 bits per heavy atom. The number of pyridine rings is 2. The van der Waals surface area contributed by atoms with Crippen molar-refractivity contribution in [3.63, 3.8) is 0 Å². The monoisotopic (exact) mass is 511 g/mol. The van der Waals surface area contributed by atoms with Crippen molar-refractivity contribution in [3.8, 4) is 17.1 Å². The average Bonchev–Trinajstić information content (AvgIpc) is 2.73. The smallest absolute Gasteiger partial charge is 0.455 e. The summed E-state index contributed by atoms with van der Waals surface area (Å²) in [6.45, 7) is -0.112. The minimum atomic E-state index is -5.81. The molecule has 0 radical (unpaired) electrons. The van der Waals surface area contributed by atoms with Gasteiger partial charge in [-0.15, -0.1) is 11.8 Å². The van der Waals surface area contributed by atoms with Crippen LogP contribution in [-0.4, -0.2) is 52.8 Å². The molecular weight excluding hydrogens is 491 g/mol. The third-order valence-electron chi connectivity index (χ3n) is 4.80. The number of amides is 1. The molecule has 5 nitrogen and oxygen atoms in total. The second-order valence-corrected chi connectivity index (χ2v) is 9.00. The zero-order valence-corrected chi connectivity index (χ0v) is 18.9. The van der Waals surface area contributed by atoms with Crippen molar-refractivity contribution in [1.82, 2.24) is 9.97 Å². The molecule has 0 fully saturated rings. The van der Waals surface area contributed by atoms with E-state index in [1.54, 1.807) is 0 Å². The van der Waals surface area contributed by atoms with Gasteiger partial charge in [-0.25, -0.2) is 13.8 Å². The van der Waals surface area contributed by atoms with Crippen molar-refractivity contribution < 1.29 is 40.3 Å². The number of nitrogens with zero attached hydrogens (tertiary/aromatic N) is 3. The second kappa shape index (κ2) is 9.59. The van der Waals surface area contributed by atoms with Crippen LogP contribution in [0.3, 0.4) is 0 Å². The van der Waals surface area contributed by atoms with Gasteiger partial charge >= 0.3 is 12.1 Å². The standard InChI is InChI=1S/C21H20F7N3O2S/c1-3-34-16-7-13(33-11-19(2,22)23)8-30-18(16)14-6-12-4-5-17(32)31(15(12)9-29-14)10-20(24,25)21(26,27)28/h6-9H,3-5,10-11H2,1-2H3. The van der Waals surface area contributed by atoms with Gasteiger partial charge in [0.25, 0.3) is 5.92 Å². The van der Waals surface area contributed by atoms with Gasteiger partial charge in [-0.3, -0.25) is 9.78 Å². The van der Waals surface area contributed by atoms with Gasteiger partial charge in [-0.05, 0) is 29.9 Å². The van der Waals surface area contributed by atoms with E-state index in [2.05, 4.69) is 9.97 Å². The molecule has 34 heavy (non-hydrogen) atoms. The van der Waals surface area contributed by atoms with Crippen molar-refractivity contribution in [1.29, 1.82) is 0 Å². The number of aromatic nitrogens is 2. The van der Waals surface area contributed by atoms with E-state index in [1.165, 1.54) is 30.1 Å². The second-order valence-electron chi connectivity index (χ2n) is 7.69. The molecule has 0 bridgehead atoms. The Morgan fingerprint density at radius 1 is 1.06 bits per heavy atom. The molecule has 186 valence electrons. The minimum absolute atomic E-state index is 0.116. The van der Waals surface area contributed by atoms with E-state index < -0.39 is 37.1 Å². The van der Waals surface area contributed by atoms with Crippen molar-refractivity contribution in [2.75, 3.05) is 23.8 Å². The highest BCUT2D eigenvalue weighted by Gasteiger charge is 2.59. The minimum Gasteiger partial charge on any atom is -0.486 e. The molecule has 0 unspecified atom stereocenters. The van der Waals surface area contributed by atoms with E-state index in [-0.39, 0.29) is 24.3 Å². The number of hydrogen-bond donors (Lipinski definition) is 0. The zero-order valence-electron chi connectivity index (χ0n) is 18.1. The molecule has 3 rings (SSSR count). The third kappa shape index (κ3) is 5.91. The number of ether oxygens (including phenoxy) is 1. The van der Waals surface area contributed by atoms with Gasteiger partial charge in [0.1, 0.15) is 11.4 Å². The lowest BCUT2D eigenvalue weighted by Gasteiger charge is -2.32. The molecule has 0 aliphatic carbocycles. The lowest BCUT2D eigenvalue weighted by atomic mass is 10.0. The summed E-state index contributed by atoms with van der Waals surface area (Å²) in [6.07, 6.45) is -3.62. The first-order valence-corrected chi connectivity index (χ1v) is 11.1. The van der Waals surface area contributed by atoms with E-state index >= 15 is 0 Å². The van der Waals surface area contributed by atoms with Crippen LogP contribution in [-0.2, 0) is 11.2 Å². The molecule has 0 N–H and O–H groups in total. The van der Waals surface area contributed by atoms with Gasteiger partial charge in [0, 0.05) is 18.2 Å². The first kappa shape index (κ1) is 26.0. The van der Waals surface area contributed by atoms with Crippen LogP contribution in [0.1, 0.15) is 25.8 Å². The van der Waals surface area contributed by atoms with Crippen LogP contribution >= 0.6 is 11.8 Å². The van der Waals surface area contributed by atoms with E-state index in [0.29, 0.717) is 39.4 Å². The largest absolute Gasteiger partial charge is 0.486 e. The molecule has 3 heterocycles. The van der Waals surface area contributed by atoms with Gasteiger partial charge in [0.05, 0.1) is 30.3 Å². The Bertz CT molecular complexity index is 1060. The fourth-order valence-electron chi connectivity index (χ4n) is 3.21. The summed E-state index contributed by atoms with van der Waals surface area (Å²) in [4.78, 5) is 21.5. The maximum atomic E-state index is 13.6. The van der Waals surface area contributed by atoms with Crippen LogP contribution in [0, 0.1) is 0 Å². The van der Waals surface area contributed by atoms with E-state index in [9.17, 15) is 35.5 Å². The van der Waals surface area contributed by atoms with Crippen LogP contribution < -0.4 is 9.64 Å². The molecule has 1 aliphatic rings. The van der Waals surface area contributed by atoms with Crippen molar-refractivity contribution >= 4 is 23.4 Å². The summed E-state index contributed by atoms with van der Waals surface area (Å²) >= 11 is 1.33. The molecule has 0 atom stereocenters. The van der Waals surface area contributed by atoms with Gasteiger partial charge < -0.3 is 9.64 Å². The third-order valence-corrected chi connectivity index (χ3v) is 5.71. The average molecular weight is 511 g/mol. The Kier molecular flexibility index (Phi) is 7.34. The lowest BCUT2D eigenvalue weighted by molar-refractivity contribution is -0.276. The van der Waals surface area contributed by atoms with Gasteiger partial charge in [-0.2, -0.15) is 22.0 Å². The number of halogens is 7. The SMILES string of the molecule is CCSc1cc(OCC(C)(F)F)cnc1-c1cc2c(cn1)N(CC(F)(F)C(F)(F)F)C(=O)CC2. The maximum absolute atomic E-state index is 13.6. The molecule has 13 heteroatoms. The Balaban J connectivity index is 1.94. The van der Waals surface area contributed by atoms with Gasteiger partial charge in [0.2, 0.25) is 5.91 Å². The lowest BCUT2D eigenvalue weighted by Crippen LogP contribution is -2.50. The maximum Gasteiger partial charge on any atom is 0.455 e. The number of carbonyl (C=O) groups is 1. The number of anilines is 1. The predicted octanol–water partition coefficient (Wildman–Crippen LogP) is 5.77. The van der Waals surface area contributed by atoms with Crippen LogP contribution in [0.2, 0.25) is 0 Å². The summed E-state index contributed by atoms with van der Waals surface area (Å²) in [5.41, 5.74) is 0.884. The molecule has 0 spiro atoms. The molecule has 1 amide bonds. The van der Waals surface area contributed by atoms with E-state index in [4.69, 9.17) is 4.74 Å². The van der Waals surface area contributed by atoms with Gasteiger partial charge in [-0.1, -0.05) is 6.92 Å². The fourth-order valence-corrected chi connectivity index (χ4v) is 4.01. The highest BCUT2D eigenvalue weighted by atomic mass is 32.2. The summed E-state index contributed by atoms with van der Waals surface area (Å²) in [7, 11) is 0. The summed E-state index contributed by atoms with van der Waals surface area (Å²) in [6, 6.07) is 2.99. The van der Waals surface area contributed by atoms with E-state index in [1.807, 2.05) is 6.92 Å². The Morgan fingerprint density at radius 2 is 1.76 bits per heavy atom. The Labute approximate surface area is 194 Å². The number of fused-ring (bicyclic) bond motifs is 1. The first-order valence-electron chi connectivity index (χ1n) is 10.1. The number of aryl methyl sites for hydroxylation is 1. The molecule has 0 saturated carbocycles. The molecule has 0 aromatic carbocycles. The number of rotatable bonds is 8. The Hall–Kier alpha value is -2.57. The molecule has 1 aliphatic heterocycles. The molecule has 0 saturated heterocycles. The highest BCUT2D eigenvalue weighted by molar-refractivity contribution is 7.99. The predicted molar refractivity (Wildman–Crippen MR) is 112 cm³/mol. The summed E-state index contributed by atoms with van der Waals surface area (Å²) < 4.78 is 96.6. The van der Waals surface area contributed by atoms with Crippen LogP contribution in [0.5, 0.6) is 5.75 Å². The number of carbonyl (C=O) groups excluding carboxylic acids is 1. The quantitative estimate of drug-likeness (QED) is 0.333. The number of alkyl halides is 7. The topological polar surface area (TPSA) is 55.3 Å². The van der Waals surface area contributed by atoms with Crippen LogP contribution in [0.4, 0.5) is 36.4 Å². The van der Waals surface area contributed by atoms with Crippen molar-refractivity contribution in [2.24, 2.45) is 0 Å². The summed E-state index contributed by atoms with van der Waals surface area (Å²) in [5.74, 6) is -8.27. The van der Waals surface area contributed by atoms with Crippen molar-refractivity contribution in [3.05, 3.63) is 30.1 Å². The number of thioether (sulfide) groups is 1. The number of hydrogen-bond acceptors (Lipinski definition) is 5. The zero-order chi connectivity index (χ0) is 25.3. The van der Waals surface area contributed by atoms with Crippen LogP contribution in [0.25, 0.3) is 11.4 Å².